The maximum Gasteiger partial charge on any atom is 0.269 e. The molecule has 0 spiro atoms. The second-order valence-corrected chi connectivity index (χ2v) is 7.06. The summed E-state index contributed by atoms with van der Waals surface area (Å²) in [5.74, 6) is 0.473. The molecule has 0 bridgehead atoms. The van der Waals surface area contributed by atoms with Gasteiger partial charge in [0.25, 0.3) is 5.69 Å². The van der Waals surface area contributed by atoms with Gasteiger partial charge in [-0.2, -0.15) is 5.01 Å². The van der Waals surface area contributed by atoms with Crippen molar-refractivity contribution < 1.29 is 19.2 Å². The number of carbonyl (C=O) groups is 1. The number of benzene rings is 2. The molecule has 2 aromatic carbocycles. The topological polar surface area (TPSA) is 107 Å². The van der Waals surface area contributed by atoms with E-state index in [0.29, 0.717) is 29.0 Å². The lowest BCUT2D eigenvalue weighted by molar-refractivity contribution is -0.384. The molecule has 4 rings (SSSR count). The lowest BCUT2D eigenvalue weighted by Crippen LogP contribution is -2.25. The Kier molecular flexibility index (Phi) is 5.43. The first kappa shape index (κ1) is 20.5. The number of hydrogen-bond acceptors (Lipinski definition) is 7. The highest BCUT2D eigenvalue weighted by Crippen LogP contribution is 2.36. The Morgan fingerprint density at radius 2 is 2.00 bits per heavy atom. The van der Waals surface area contributed by atoms with Gasteiger partial charge in [-0.3, -0.25) is 14.9 Å². The van der Waals surface area contributed by atoms with E-state index in [4.69, 9.17) is 21.1 Å². The molecule has 3 aromatic rings. The number of nitro groups is 1. The molecule has 0 radical (unpaired) electrons. The number of fused-ring (bicyclic) bond motifs is 1. The van der Waals surface area contributed by atoms with Crippen molar-refractivity contribution in [3.63, 3.8) is 0 Å². The van der Waals surface area contributed by atoms with Crippen LogP contribution in [0.25, 0.3) is 10.9 Å². The minimum atomic E-state index is -0.918. The smallest absolute Gasteiger partial charge is 0.269 e. The van der Waals surface area contributed by atoms with Crippen LogP contribution < -0.4 is 4.74 Å². The summed E-state index contributed by atoms with van der Waals surface area (Å²) in [6.45, 7) is 3.78. The van der Waals surface area contributed by atoms with E-state index in [1.807, 2.05) is 19.1 Å². The molecule has 158 valence electrons. The van der Waals surface area contributed by atoms with Gasteiger partial charge in [0, 0.05) is 36.1 Å². The third-order valence-electron chi connectivity index (χ3n) is 4.64. The maximum atomic E-state index is 12.2. The number of non-ortho nitro benzene ring substituents is 1. The fraction of sp³-hybridized carbons (Fsp3) is 0.190. The highest BCUT2D eigenvalue weighted by Gasteiger charge is 2.35. The number of hydrazone groups is 1. The molecular formula is C21H17ClN4O5. The van der Waals surface area contributed by atoms with E-state index in [9.17, 15) is 14.9 Å². The molecule has 10 heteroatoms. The maximum absolute atomic E-state index is 12.2. The number of hydrogen-bond donors (Lipinski definition) is 0. The zero-order chi connectivity index (χ0) is 22.1. The molecule has 2 heterocycles. The van der Waals surface area contributed by atoms with Gasteiger partial charge in [0.15, 0.2) is 0 Å². The van der Waals surface area contributed by atoms with E-state index >= 15 is 0 Å². The summed E-state index contributed by atoms with van der Waals surface area (Å²) in [7, 11) is 0. The van der Waals surface area contributed by atoms with Crippen LogP contribution in [0, 0.1) is 10.1 Å². The summed E-state index contributed by atoms with van der Waals surface area (Å²) in [5, 5.41) is 17.2. The minimum Gasteiger partial charge on any atom is -0.494 e. The van der Waals surface area contributed by atoms with Crippen LogP contribution in [0.4, 0.5) is 5.69 Å². The van der Waals surface area contributed by atoms with Gasteiger partial charge in [0.1, 0.15) is 10.9 Å². The van der Waals surface area contributed by atoms with Crippen LogP contribution in [-0.4, -0.2) is 33.3 Å². The minimum absolute atomic E-state index is 0.0597. The highest BCUT2D eigenvalue weighted by molar-refractivity contribution is 6.30. The van der Waals surface area contributed by atoms with E-state index < -0.39 is 11.2 Å². The Morgan fingerprint density at radius 3 is 2.65 bits per heavy atom. The average molecular weight is 441 g/mol. The number of carbonyl (C=O) groups excluding carboxylic acids is 1. The van der Waals surface area contributed by atoms with Crippen molar-refractivity contribution in [3.05, 3.63) is 74.9 Å². The predicted molar refractivity (Wildman–Crippen MR) is 114 cm³/mol. The number of pyridine rings is 1. The molecule has 9 nitrogen and oxygen atoms in total. The second-order valence-electron chi connectivity index (χ2n) is 6.70. The van der Waals surface area contributed by atoms with Gasteiger partial charge in [0.2, 0.25) is 18.0 Å². The Labute approximate surface area is 182 Å². The first-order valence-electron chi connectivity index (χ1n) is 9.40. The molecule has 0 fully saturated rings. The molecule has 1 aromatic heterocycles. The quantitative estimate of drug-likeness (QED) is 0.330. The summed E-state index contributed by atoms with van der Waals surface area (Å²) in [6, 6.07) is 12.9. The second kappa shape index (κ2) is 8.19. The Bertz CT molecular complexity index is 1210. The van der Waals surface area contributed by atoms with Gasteiger partial charge in [-0.25, -0.2) is 4.98 Å². The molecule has 0 saturated carbocycles. The van der Waals surface area contributed by atoms with Gasteiger partial charge in [0.05, 0.1) is 22.6 Å². The SMILES string of the molecule is CCOc1ccc2cc([C@H]3OC(c4ccc([N+](=O)[O-])cc4)=NN3C(C)=O)c(Cl)nc2c1. The molecular weight excluding hydrogens is 424 g/mol. The van der Waals surface area contributed by atoms with Crippen LogP contribution in [0.5, 0.6) is 5.75 Å². The third-order valence-corrected chi connectivity index (χ3v) is 4.94. The van der Waals surface area contributed by atoms with E-state index in [1.54, 1.807) is 12.1 Å². The summed E-state index contributed by atoms with van der Waals surface area (Å²) < 4.78 is 11.4. The summed E-state index contributed by atoms with van der Waals surface area (Å²) in [5.41, 5.74) is 1.54. The zero-order valence-electron chi connectivity index (χ0n) is 16.6. The Hall–Kier alpha value is -3.72. The number of halogens is 1. The van der Waals surface area contributed by atoms with E-state index in [1.165, 1.54) is 36.2 Å². The van der Waals surface area contributed by atoms with E-state index in [0.717, 1.165) is 5.39 Å². The number of nitrogens with zero attached hydrogens (tertiary/aromatic N) is 4. The van der Waals surface area contributed by atoms with E-state index in [2.05, 4.69) is 10.1 Å². The largest absolute Gasteiger partial charge is 0.494 e. The predicted octanol–water partition coefficient (Wildman–Crippen LogP) is 4.43. The molecule has 1 atom stereocenters. The van der Waals surface area contributed by atoms with Crippen molar-refractivity contribution in [3.8, 4) is 5.75 Å². The number of rotatable bonds is 5. The van der Waals surface area contributed by atoms with Crippen LogP contribution in [0.3, 0.4) is 0 Å². The first-order valence-corrected chi connectivity index (χ1v) is 9.78. The Balaban J connectivity index is 1.69. The zero-order valence-corrected chi connectivity index (χ0v) is 17.4. The standard InChI is InChI=1S/C21H17ClN4O5/c1-3-30-16-9-6-14-10-17(19(22)23-18(14)11-16)21-25(12(2)27)24-20(31-21)13-4-7-15(8-5-13)26(28)29/h4-11,21H,3H2,1-2H3/t21-/m1/s1. The van der Waals surface area contributed by atoms with E-state index in [-0.39, 0.29) is 22.6 Å². The van der Waals surface area contributed by atoms with Crippen LogP contribution in [0.15, 0.2) is 53.6 Å². The molecule has 0 aliphatic carbocycles. The van der Waals surface area contributed by atoms with Gasteiger partial charge in [-0.05, 0) is 37.3 Å². The molecule has 1 amide bonds. The van der Waals surface area contributed by atoms with Crippen molar-refractivity contribution in [1.29, 1.82) is 0 Å². The number of nitro benzene ring substituents is 1. The van der Waals surface area contributed by atoms with Crippen molar-refractivity contribution in [2.45, 2.75) is 20.1 Å². The monoisotopic (exact) mass is 440 g/mol. The fourth-order valence-corrected chi connectivity index (χ4v) is 3.42. The number of amides is 1. The summed E-state index contributed by atoms with van der Waals surface area (Å²) >= 11 is 6.44. The van der Waals surface area contributed by atoms with Gasteiger partial charge in [-0.1, -0.05) is 11.6 Å². The van der Waals surface area contributed by atoms with Crippen molar-refractivity contribution >= 4 is 40.0 Å². The summed E-state index contributed by atoms with van der Waals surface area (Å²) in [6.07, 6.45) is -0.918. The fourth-order valence-electron chi connectivity index (χ4n) is 3.18. The van der Waals surface area contributed by atoms with Crippen molar-refractivity contribution in [2.75, 3.05) is 6.61 Å². The summed E-state index contributed by atoms with van der Waals surface area (Å²) in [4.78, 5) is 27.0. The first-order chi connectivity index (χ1) is 14.9. The molecule has 1 aliphatic heterocycles. The van der Waals surface area contributed by atoms with Crippen molar-refractivity contribution in [2.24, 2.45) is 5.10 Å². The molecule has 31 heavy (non-hydrogen) atoms. The number of ether oxygens (including phenoxy) is 2. The highest BCUT2D eigenvalue weighted by atomic mass is 35.5. The lowest BCUT2D eigenvalue weighted by Gasteiger charge is -2.20. The molecule has 0 unspecified atom stereocenters. The molecule has 0 saturated heterocycles. The number of aromatic nitrogens is 1. The Morgan fingerprint density at radius 1 is 1.26 bits per heavy atom. The van der Waals surface area contributed by atoms with Crippen LogP contribution in [0.2, 0.25) is 5.15 Å². The average Bonchev–Trinajstić information content (AvgIpc) is 3.19. The third kappa shape index (κ3) is 3.99. The normalized spacial score (nSPS) is 15.5. The molecule has 1 aliphatic rings. The molecule has 0 N–H and O–H groups in total. The van der Waals surface area contributed by atoms with Crippen LogP contribution in [-0.2, 0) is 9.53 Å². The van der Waals surface area contributed by atoms with Crippen LogP contribution in [0.1, 0.15) is 31.2 Å². The van der Waals surface area contributed by atoms with Gasteiger partial charge >= 0.3 is 0 Å². The van der Waals surface area contributed by atoms with Crippen LogP contribution >= 0.6 is 11.6 Å². The van der Waals surface area contributed by atoms with Gasteiger partial charge < -0.3 is 9.47 Å². The van der Waals surface area contributed by atoms with Crippen molar-refractivity contribution in [1.82, 2.24) is 9.99 Å². The van der Waals surface area contributed by atoms with Gasteiger partial charge in [-0.15, -0.1) is 5.10 Å². The lowest BCUT2D eigenvalue weighted by atomic mass is 10.1.